The summed E-state index contributed by atoms with van der Waals surface area (Å²) in [5, 5.41) is 14.0. The highest BCUT2D eigenvalue weighted by atomic mass is 16.5. The Morgan fingerprint density at radius 1 is 0.800 bits per heavy atom. The molecule has 0 atom stereocenters. The summed E-state index contributed by atoms with van der Waals surface area (Å²) >= 11 is 0. The van der Waals surface area contributed by atoms with Crippen LogP contribution in [0, 0.1) is 0 Å². The highest BCUT2D eigenvalue weighted by Gasteiger charge is 2.12. The van der Waals surface area contributed by atoms with Gasteiger partial charge in [0, 0.05) is 6.54 Å². The van der Waals surface area contributed by atoms with E-state index in [0.717, 1.165) is 16.7 Å². The van der Waals surface area contributed by atoms with Gasteiger partial charge < -0.3 is 15.2 Å². The molecule has 30 heavy (non-hydrogen) atoms. The van der Waals surface area contributed by atoms with Crippen molar-refractivity contribution in [1.29, 1.82) is 0 Å². The first-order valence-corrected chi connectivity index (χ1v) is 9.19. The number of esters is 1. The summed E-state index contributed by atoms with van der Waals surface area (Å²) in [4.78, 5) is 35.6. The summed E-state index contributed by atoms with van der Waals surface area (Å²) in [7, 11) is 0. The number of rotatable bonds is 6. The lowest BCUT2D eigenvalue weighted by molar-refractivity contribution is -0.123. The number of nitrogens with one attached hydrogen (secondary N) is 2. The van der Waals surface area contributed by atoms with Crippen molar-refractivity contribution in [3.8, 4) is 16.9 Å². The van der Waals surface area contributed by atoms with Gasteiger partial charge in [0.15, 0.2) is 6.61 Å². The lowest BCUT2D eigenvalue weighted by Crippen LogP contribution is -2.41. The van der Waals surface area contributed by atoms with E-state index in [1.165, 1.54) is 0 Å². The van der Waals surface area contributed by atoms with Crippen molar-refractivity contribution in [1.82, 2.24) is 10.6 Å². The predicted molar refractivity (Wildman–Crippen MR) is 111 cm³/mol. The lowest BCUT2D eigenvalue weighted by Gasteiger charge is -2.08. The molecule has 0 aliphatic heterocycles. The number of carbonyl (C=O) groups excluding carboxylic acids is 3. The fourth-order valence-corrected chi connectivity index (χ4v) is 2.65. The zero-order valence-corrected chi connectivity index (χ0v) is 16.0. The first kappa shape index (κ1) is 20.6. The van der Waals surface area contributed by atoms with Crippen molar-refractivity contribution in [2.24, 2.45) is 0 Å². The van der Waals surface area contributed by atoms with E-state index in [1.807, 2.05) is 30.3 Å². The van der Waals surface area contributed by atoms with Gasteiger partial charge in [-0.1, -0.05) is 54.6 Å². The van der Waals surface area contributed by atoms with Gasteiger partial charge in [-0.3, -0.25) is 10.1 Å². The third-order valence-corrected chi connectivity index (χ3v) is 4.20. The average molecular weight is 404 g/mol. The maximum absolute atomic E-state index is 12.1. The van der Waals surface area contributed by atoms with Crippen molar-refractivity contribution in [2.75, 3.05) is 6.61 Å². The van der Waals surface area contributed by atoms with E-state index in [1.54, 1.807) is 48.5 Å². The molecule has 0 bridgehead atoms. The quantitative estimate of drug-likeness (QED) is 0.547. The molecule has 3 rings (SSSR count). The van der Waals surface area contributed by atoms with Gasteiger partial charge in [0.1, 0.15) is 5.75 Å². The van der Waals surface area contributed by atoms with E-state index >= 15 is 0 Å². The summed E-state index contributed by atoms with van der Waals surface area (Å²) in [6.07, 6.45) is 0. The standard InChI is InChI=1S/C23H20N2O5/c26-20-12-10-18(11-13-20)17-6-8-19(9-7-17)22(28)30-15-21(27)25-23(29)24-14-16-4-2-1-3-5-16/h1-13,26H,14-15H2,(H2,24,25,27,29). The number of amides is 3. The Hall–Kier alpha value is -4.13. The number of ether oxygens (including phenoxy) is 1. The molecule has 0 aromatic heterocycles. The largest absolute Gasteiger partial charge is 0.508 e. The fourth-order valence-electron chi connectivity index (χ4n) is 2.65. The van der Waals surface area contributed by atoms with Crippen molar-refractivity contribution in [2.45, 2.75) is 6.54 Å². The Labute approximate surface area is 173 Å². The normalized spacial score (nSPS) is 10.1. The Balaban J connectivity index is 1.44. The number of benzene rings is 3. The average Bonchev–Trinajstić information content (AvgIpc) is 2.77. The second-order valence-electron chi connectivity index (χ2n) is 6.42. The van der Waals surface area contributed by atoms with Crippen LogP contribution in [0.25, 0.3) is 11.1 Å². The van der Waals surface area contributed by atoms with Crippen LogP contribution in [0.4, 0.5) is 4.79 Å². The van der Waals surface area contributed by atoms with E-state index in [-0.39, 0.29) is 17.9 Å². The minimum Gasteiger partial charge on any atom is -0.508 e. The van der Waals surface area contributed by atoms with Gasteiger partial charge in [-0.25, -0.2) is 9.59 Å². The Bertz CT molecular complexity index is 1020. The van der Waals surface area contributed by atoms with Crippen LogP contribution in [0.3, 0.4) is 0 Å². The van der Waals surface area contributed by atoms with Crippen LogP contribution in [0.5, 0.6) is 5.75 Å². The minimum absolute atomic E-state index is 0.172. The molecule has 3 aromatic rings. The van der Waals surface area contributed by atoms with Crippen LogP contribution in [-0.4, -0.2) is 29.6 Å². The SMILES string of the molecule is O=C(COC(=O)c1ccc(-c2ccc(O)cc2)cc1)NC(=O)NCc1ccccc1. The van der Waals surface area contributed by atoms with Crippen LogP contribution in [0.15, 0.2) is 78.9 Å². The van der Waals surface area contributed by atoms with Gasteiger partial charge in [-0.15, -0.1) is 0 Å². The van der Waals surface area contributed by atoms with Gasteiger partial charge in [-0.2, -0.15) is 0 Å². The highest BCUT2D eigenvalue weighted by Crippen LogP contribution is 2.22. The summed E-state index contributed by atoms with van der Waals surface area (Å²) in [6, 6.07) is 21.9. The smallest absolute Gasteiger partial charge is 0.338 e. The molecule has 0 unspecified atom stereocenters. The van der Waals surface area contributed by atoms with Gasteiger partial charge in [0.2, 0.25) is 0 Å². The van der Waals surface area contributed by atoms with Gasteiger partial charge in [0.25, 0.3) is 5.91 Å². The van der Waals surface area contributed by atoms with Crippen molar-refractivity contribution >= 4 is 17.9 Å². The van der Waals surface area contributed by atoms with Crippen molar-refractivity contribution in [3.63, 3.8) is 0 Å². The Kier molecular flexibility index (Phi) is 6.78. The molecule has 0 aliphatic rings. The Morgan fingerprint density at radius 3 is 2.03 bits per heavy atom. The molecule has 3 amide bonds. The summed E-state index contributed by atoms with van der Waals surface area (Å²) in [5.74, 6) is -1.23. The molecule has 152 valence electrons. The van der Waals surface area contributed by atoms with E-state index in [2.05, 4.69) is 10.6 Å². The molecular weight excluding hydrogens is 384 g/mol. The first-order chi connectivity index (χ1) is 14.5. The monoisotopic (exact) mass is 404 g/mol. The van der Waals surface area contributed by atoms with Crippen LogP contribution in [-0.2, 0) is 16.1 Å². The predicted octanol–water partition coefficient (Wildman–Crippen LogP) is 3.24. The summed E-state index contributed by atoms with van der Waals surface area (Å²) < 4.78 is 4.95. The molecule has 0 heterocycles. The number of hydrogen-bond acceptors (Lipinski definition) is 5. The summed E-state index contributed by atoms with van der Waals surface area (Å²) in [5.41, 5.74) is 2.91. The molecular formula is C23H20N2O5. The molecule has 0 radical (unpaired) electrons. The number of hydrogen-bond donors (Lipinski definition) is 3. The van der Waals surface area contributed by atoms with E-state index in [0.29, 0.717) is 0 Å². The molecule has 7 nitrogen and oxygen atoms in total. The number of aromatic hydroxyl groups is 1. The van der Waals surface area contributed by atoms with Gasteiger partial charge in [-0.05, 0) is 41.0 Å². The molecule has 3 aromatic carbocycles. The zero-order chi connectivity index (χ0) is 21.3. The lowest BCUT2D eigenvalue weighted by atomic mass is 10.0. The summed E-state index contributed by atoms with van der Waals surface area (Å²) in [6.45, 7) is -0.301. The fraction of sp³-hybridized carbons (Fsp3) is 0.0870. The van der Waals surface area contributed by atoms with Crippen LogP contribution < -0.4 is 10.6 Å². The van der Waals surface area contributed by atoms with Crippen molar-refractivity contribution in [3.05, 3.63) is 90.0 Å². The molecule has 0 saturated heterocycles. The number of urea groups is 1. The Morgan fingerprint density at radius 2 is 1.40 bits per heavy atom. The van der Waals surface area contributed by atoms with Crippen LogP contribution >= 0.6 is 0 Å². The topological polar surface area (TPSA) is 105 Å². The molecule has 0 fully saturated rings. The third kappa shape index (κ3) is 5.93. The van der Waals surface area contributed by atoms with E-state index < -0.39 is 24.5 Å². The van der Waals surface area contributed by atoms with Crippen LogP contribution in [0.1, 0.15) is 15.9 Å². The molecule has 0 spiro atoms. The zero-order valence-electron chi connectivity index (χ0n) is 16.0. The number of imide groups is 1. The highest BCUT2D eigenvalue weighted by molar-refractivity contribution is 5.97. The maximum Gasteiger partial charge on any atom is 0.338 e. The van der Waals surface area contributed by atoms with Crippen LogP contribution in [0.2, 0.25) is 0 Å². The number of phenolic OH excluding ortho intramolecular Hbond substituents is 1. The van der Waals surface area contributed by atoms with Gasteiger partial charge >= 0.3 is 12.0 Å². The number of carbonyl (C=O) groups is 3. The van der Waals surface area contributed by atoms with Crippen molar-refractivity contribution < 1.29 is 24.2 Å². The molecule has 0 aliphatic carbocycles. The second-order valence-corrected chi connectivity index (χ2v) is 6.42. The minimum atomic E-state index is -0.727. The van der Waals surface area contributed by atoms with Gasteiger partial charge in [0.05, 0.1) is 5.56 Å². The number of phenols is 1. The molecule has 0 saturated carbocycles. The maximum atomic E-state index is 12.1. The molecule has 3 N–H and O–H groups in total. The second kappa shape index (κ2) is 9.88. The molecule has 7 heteroatoms. The van der Waals surface area contributed by atoms with E-state index in [4.69, 9.17) is 4.74 Å². The van der Waals surface area contributed by atoms with E-state index in [9.17, 15) is 19.5 Å². The first-order valence-electron chi connectivity index (χ1n) is 9.19. The third-order valence-electron chi connectivity index (χ3n) is 4.20.